The lowest BCUT2D eigenvalue weighted by Gasteiger charge is -2.16. The summed E-state index contributed by atoms with van der Waals surface area (Å²) in [5, 5.41) is 4.26. The lowest BCUT2D eigenvalue weighted by molar-refractivity contribution is 0.174. The Kier molecular flexibility index (Phi) is 4.38. The van der Waals surface area contributed by atoms with Gasteiger partial charge in [-0.05, 0) is 36.2 Å². The number of halogens is 2. The van der Waals surface area contributed by atoms with E-state index in [9.17, 15) is 0 Å². The molecule has 0 fully saturated rings. The van der Waals surface area contributed by atoms with Gasteiger partial charge in [0.1, 0.15) is 0 Å². The molecular weight excluding hydrogens is 354 g/mol. The van der Waals surface area contributed by atoms with Crippen LogP contribution < -0.4 is 14.8 Å². The Hall–Kier alpha value is -1.23. The molecule has 0 aromatic heterocycles. The molecule has 2 aromatic carbocycles. The van der Waals surface area contributed by atoms with Gasteiger partial charge < -0.3 is 14.8 Å². The summed E-state index contributed by atoms with van der Waals surface area (Å²) in [7, 11) is 0. The average Bonchev–Trinajstić information content (AvgIpc) is 2.92. The first-order chi connectivity index (χ1) is 10.1. The molecular formula is C16H15BrClNO2. The van der Waals surface area contributed by atoms with Crippen LogP contribution in [0.5, 0.6) is 11.5 Å². The number of ether oxygens (including phenoxy) is 2. The van der Waals surface area contributed by atoms with Gasteiger partial charge in [0.25, 0.3) is 0 Å². The fourth-order valence-electron chi connectivity index (χ4n) is 2.29. The van der Waals surface area contributed by atoms with E-state index in [1.165, 1.54) is 0 Å². The standard InChI is InChI=1S/C16H15BrClNO2/c1-10(12-4-2-3-5-14(12)18)19-8-11-6-15-16(7-13(11)17)21-9-20-15/h2-7,10,19H,8-9H2,1H3/t10-/m1/s1. The van der Waals surface area contributed by atoms with Crippen molar-refractivity contribution in [1.29, 1.82) is 0 Å². The molecule has 0 aliphatic carbocycles. The molecule has 1 heterocycles. The van der Waals surface area contributed by atoms with Gasteiger partial charge in [-0.1, -0.05) is 45.7 Å². The molecule has 1 aliphatic heterocycles. The highest BCUT2D eigenvalue weighted by Gasteiger charge is 2.17. The second-order valence-corrected chi connectivity index (χ2v) is 6.18. The van der Waals surface area contributed by atoms with Crippen molar-refractivity contribution in [3.8, 4) is 11.5 Å². The monoisotopic (exact) mass is 367 g/mol. The van der Waals surface area contributed by atoms with Gasteiger partial charge >= 0.3 is 0 Å². The minimum Gasteiger partial charge on any atom is -0.454 e. The fraction of sp³-hybridized carbons (Fsp3) is 0.250. The third-order valence-corrected chi connectivity index (χ3v) is 4.59. The molecule has 21 heavy (non-hydrogen) atoms. The largest absolute Gasteiger partial charge is 0.454 e. The summed E-state index contributed by atoms with van der Waals surface area (Å²) in [6, 6.07) is 12.0. The topological polar surface area (TPSA) is 30.5 Å². The zero-order chi connectivity index (χ0) is 14.8. The minimum absolute atomic E-state index is 0.163. The molecule has 3 rings (SSSR count). The van der Waals surface area contributed by atoms with Crippen molar-refractivity contribution in [2.75, 3.05) is 6.79 Å². The zero-order valence-electron chi connectivity index (χ0n) is 11.5. The van der Waals surface area contributed by atoms with E-state index in [0.717, 1.165) is 32.1 Å². The second-order valence-electron chi connectivity index (χ2n) is 4.92. The summed E-state index contributed by atoms with van der Waals surface area (Å²) in [6.07, 6.45) is 0. The minimum atomic E-state index is 0.163. The van der Waals surface area contributed by atoms with E-state index >= 15 is 0 Å². The first-order valence-corrected chi connectivity index (χ1v) is 7.88. The maximum Gasteiger partial charge on any atom is 0.231 e. The zero-order valence-corrected chi connectivity index (χ0v) is 13.9. The third-order valence-electron chi connectivity index (χ3n) is 3.51. The second kappa shape index (κ2) is 6.26. The van der Waals surface area contributed by atoms with Crippen LogP contribution in [0.15, 0.2) is 40.9 Å². The SMILES string of the molecule is C[C@@H](NCc1cc2c(cc1Br)OCO2)c1ccccc1Cl. The molecule has 3 nitrogen and oxygen atoms in total. The van der Waals surface area contributed by atoms with Crippen molar-refractivity contribution in [2.45, 2.75) is 19.5 Å². The van der Waals surface area contributed by atoms with Crippen molar-refractivity contribution in [3.05, 3.63) is 57.0 Å². The van der Waals surface area contributed by atoms with Crippen molar-refractivity contribution < 1.29 is 9.47 Å². The highest BCUT2D eigenvalue weighted by Crippen LogP contribution is 2.37. The molecule has 0 saturated carbocycles. The van der Waals surface area contributed by atoms with Crippen LogP contribution in [0.4, 0.5) is 0 Å². The van der Waals surface area contributed by atoms with E-state index in [0.29, 0.717) is 6.54 Å². The normalized spacial score (nSPS) is 14.2. The molecule has 0 saturated heterocycles. The van der Waals surface area contributed by atoms with Gasteiger partial charge in [-0.2, -0.15) is 0 Å². The number of hydrogen-bond acceptors (Lipinski definition) is 3. The molecule has 110 valence electrons. The molecule has 5 heteroatoms. The number of rotatable bonds is 4. The van der Waals surface area contributed by atoms with Gasteiger partial charge in [-0.15, -0.1) is 0 Å². The van der Waals surface area contributed by atoms with Gasteiger partial charge in [-0.25, -0.2) is 0 Å². The summed E-state index contributed by atoms with van der Waals surface area (Å²) in [4.78, 5) is 0. The van der Waals surface area contributed by atoms with E-state index in [-0.39, 0.29) is 12.8 Å². The van der Waals surface area contributed by atoms with Crippen LogP contribution >= 0.6 is 27.5 Å². The number of benzene rings is 2. The maximum atomic E-state index is 6.22. The van der Waals surface area contributed by atoms with Crippen LogP contribution in [0.25, 0.3) is 0 Å². The average molecular weight is 369 g/mol. The molecule has 1 aliphatic rings. The van der Waals surface area contributed by atoms with Crippen LogP contribution in [0.3, 0.4) is 0 Å². The van der Waals surface area contributed by atoms with E-state index < -0.39 is 0 Å². The van der Waals surface area contributed by atoms with E-state index in [1.54, 1.807) is 0 Å². The summed E-state index contributed by atoms with van der Waals surface area (Å²) >= 11 is 9.79. The Morgan fingerprint density at radius 3 is 2.71 bits per heavy atom. The van der Waals surface area contributed by atoms with E-state index in [2.05, 4.69) is 28.2 Å². The Bertz CT molecular complexity index is 663. The van der Waals surface area contributed by atoms with Crippen LogP contribution in [-0.2, 0) is 6.54 Å². The van der Waals surface area contributed by atoms with Crippen molar-refractivity contribution in [2.24, 2.45) is 0 Å². The molecule has 0 spiro atoms. The third kappa shape index (κ3) is 3.18. The Balaban J connectivity index is 1.72. The van der Waals surface area contributed by atoms with Crippen molar-refractivity contribution in [1.82, 2.24) is 5.32 Å². The predicted octanol–water partition coefficient (Wildman–Crippen LogP) is 4.68. The van der Waals surface area contributed by atoms with Gasteiger partial charge in [-0.3, -0.25) is 0 Å². The van der Waals surface area contributed by atoms with Crippen molar-refractivity contribution >= 4 is 27.5 Å². The molecule has 0 radical (unpaired) electrons. The molecule has 1 atom stereocenters. The van der Waals surface area contributed by atoms with Crippen LogP contribution in [0.1, 0.15) is 24.1 Å². The fourth-order valence-corrected chi connectivity index (χ4v) is 3.06. The van der Waals surface area contributed by atoms with Gasteiger partial charge in [0.05, 0.1) is 0 Å². The lowest BCUT2D eigenvalue weighted by atomic mass is 10.1. The summed E-state index contributed by atoms with van der Waals surface area (Å²) < 4.78 is 11.8. The van der Waals surface area contributed by atoms with Crippen LogP contribution in [-0.4, -0.2) is 6.79 Å². The van der Waals surface area contributed by atoms with Gasteiger partial charge in [0.2, 0.25) is 6.79 Å². The maximum absolute atomic E-state index is 6.22. The van der Waals surface area contributed by atoms with E-state index in [4.69, 9.17) is 21.1 Å². The Morgan fingerprint density at radius 2 is 1.95 bits per heavy atom. The highest BCUT2D eigenvalue weighted by molar-refractivity contribution is 9.10. The lowest BCUT2D eigenvalue weighted by Crippen LogP contribution is -2.18. The van der Waals surface area contributed by atoms with Crippen LogP contribution in [0.2, 0.25) is 5.02 Å². The summed E-state index contributed by atoms with van der Waals surface area (Å²) in [6.45, 7) is 3.10. The molecule has 2 aromatic rings. The Labute approximate surface area is 137 Å². The summed E-state index contributed by atoms with van der Waals surface area (Å²) in [5.74, 6) is 1.57. The Morgan fingerprint density at radius 1 is 1.24 bits per heavy atom. The molecule has 0 amide bonds. The quantitative estimate of drug-likeness (QED) is 0.850. The van der Waals surface area contributed by atoms with Gasteiger partial charge in [0.15, 0.2) is 11.5 Å². The van der Waals surface area contributed by atoms with Crippen LogP contribution in [0, 0.1) is 0 Å². The number of nitrogens with one attached hydrogen (secondary N) is 1. The van der Waals surface area contributed by atoms with E-state index in [1.807, 2.05) is 36.4 Å². The van der Waals surface area contributed by atoms with Crippen molar-refractivity contribution in [3.63, 3.8) is 0 Å². The first kappa shape index (κ1) is 14.7. The smallest absolute Gasteiger partial charge is 0.231 e. The predicted molar refractivity (Wildman–Crippen MR) is 87.0 cm³/mol. The summed E-state index contributed by atoms with van der Waals surface area (Å²) in [5.41, 5.74) is 2.22. The number of hydrogen-bond donors (Lipinski definition) is 1. The molecule has 1 N–H and O–H groups in total. The number of fused-ring (bicyclic) bond motifs is 1. The highest BCUT2D eigenvalue weighted by atomic mass is 79.9. The first-order valence-electron chi connectivity index (χ1n) is 6.71. The van der Waals surface area contributed by atoms with Gasteiger partial charge in [0, 0.05) is 22.1 Å². The molecule has 0 unspecified atom stereocenters. The molecule has 0 bridgehead atoms.